The smallest absolute Gasteiger partial charge is 0.209 e. The highest BCUT2D eigenvalue weighted by Crippen LogP contribution is 2.41. The zero-order chi connectivity index (χ0) is 15.7. The van der Waals surface area contributed by atoms with Gasteiger partial charge >= 0.3 is 0 Å². The summed E-state index contributed by atoms with van der Waals surface area (Å²) in [5.74, 6) is 0.625. The lowest BCUT2D eigenvalue weighted by Gasteiger charge is -2.29. The summed E-state index contributed by atoms with van der Waals surface area (Å²) in [5.41, 5.74) is 0.685. The average Bonchev–Trinajstić information content (AvgIpc) is 3.12. The zero-order valence-corrected chi connectivity index (χ0v) is 14.3. The second-order valence-corrected chi connectivity index (χ2v) is 8.69. The van der Waals surface area contributed by atoms with Crippen LogP contribution in [-0.4, -0.2) is 26.8 Å². The summed E-state index contributed by atoms with van der Waals surface area (Å²) in [5, 5.41) is 4.24. The highest BCUT2D eigenvalue weighted by molar-refractivity contribution is 7.88. The Kier molecular flexibility index (Phi) is 4.98. The van der Waals surface area contributed by atoms with E-state index in [1.54, 1.807) is 0 Å². The monoisotopic (exact) mass is 330 g/mol. The molecule has 0 heterocycles. The maximum absolute atomic E-state index is 11.4. The first-order chi connectivity index (χ1) is 9.66. The van der Waals surface area contributed by atoms with Crippen molar-refractivity contribution in [2.75, 3.05) is 12.8 Å². The van der Waals surface area contributed by atoms with E-state index in [0.29, 0.717) is 12.5 Å². The molecule has 1 unspecified atom stereocenters. The van der Waals surface area contributed by atoms with Crippen molar-refractivity contribution in [2.24, 2.45) is 5.92 Å². The van der Waals surface area contributed by atoms with Crippen molar-refractivity contribution < 1.29 is 8.42 Å². The molecule has 0 aliphatic heterocycles. The molecule has 21 heavy (non-hydrogen) atoms. The van der Waals surface area contributed by atoms with Crippen molar-refractivity contribution >= 4 is 21.6 Å². The minimum absolute atomic E-state index is 0.253. The molecule has 0 bridgehead atoms. The van der Waals surface area contributed by atoms with Crippen LogP contribution in [0.25, 0.3) is 0 Å². The van der Waals surface area contributed by atoms with Crippen LogP contribution in [0.1, 0.15) is 38.3 Å². The highest BCUT2D eigenvalue weighted by Gasteiger charge is 2.33. The molecule has 1 aromatic rings. The number of rotatable bonds is 7. The van der Waals surface area contributed by atoms with Crippen molar-refractivity contribution in [1.29, 1.82) is 0 Å². The zero-order valence-electron chi connectivity index (χ0n) is 12.7. The van der Waals surface area contributed by atoms with Gasteiger partial charge in [0.1, 0.15) is 0 Å². The number of nitrogens with one attached hydrogen (secondary N) is 2. The Hall–Kier alpha value is -0.620. The molecule has 1 aromatic carbocycles. The molecule has 0 saturated heterocycles. The van der Waals surface area contributed by atoms with Gasteiger partial charge in [-0.3, -0.25) is 0 Å². The Bertz CT molecular complexity index is 580. The Morgan fingerprint density at radius 2 is 1.86 bits per heavy atom. The molecule has 4 nitrogen and oxygen atoms in total. The summed E-state index contributed by atoms with van der Waals surface area (Å²) in [4.78, 5) is 0. The van der Waals surface area contributed by atoms with E-state index in [1.807, 2.05) is 38.1 Å². The summed E-state index contributed by atoms with van der Waals surface area (Å²) in [6, 6.07) is 8.12. The predicted octanol–water partition coefficient (Wildman–Crippen LogP) is 2.71. The first kappa shape index (κ1) is 16.7. The van der Waals surface area contributed by atoms with Crippen LogP contribution in [0.15, 0.2) is 24.3 Å². The fourth-order valence-electron chi connectivity index (χ4n) is 2.56. The van der Waals surface area contributed by atoms with Gasteiger partial charge in [0, 0.05) is 23.1 Å². The Balaban J connectivity index is 2.02. The van der Waals surface area contributed by atoms with E-state index in [1.165, 1.54) is 24.7 Å². The Labute approximate surface area is 132 Å². The fourth-order valence-corrected chi connectivity index (χ4v) is 3.76. The first-order valence-electron chi connectivity index (χ1n) is 7.14. The molecule has 0 amide bonds. The molecule has 0 radical (unpaired) electrons. The largest absolute Gasteiger partial charge is 0.308 e. The summed E-state index contributed by atoms with van der Waals surface area (Å²) in [6.07, 6.45) is 3.60. The number of benzene rings is 1. The average molecular weight is 331 g/mol. The van der Waals surface area contributed by atoms with Crippen LogP contribution >= 0.6 is 11.6 Å². The Morgan fingerprint density at radius 3 is 2.33 bits per heavy atom. The minimum Gasteiger partial charge on any atom is -0.308 e. The molecule has 1 aliphatic rings. The molecule has 1 saturated carbocycles. The van der Waals surface area contributed by atoms with Crippen LogP contribution < -0.4 is 10.0 Å². The quantitative estimate of drug-likeness (QED) is 0.808. The predicted molar refractivity (Wildman–Crippen MR) is 87.0 cm³/mol. The number of halogens is 1. The van der Waals surface area contributed by atoms with Gasteiger partial charge in [-0.2, -0.15) is 0 Å². The van der Waals surface area contributed by atoms with Gasteiger partial charge in [0.25, 0.3) is 0 Å². The molecule has 2 N–H and O–H groups in total. The van der Waals surface area contributed by atoms with Crippen LogP contribution in [0.3, 0.4) is 0 Å². The van der Waals surface area contributed by atoms with Crippen LogP contribution in [0.4, 0.5) is 0 Å². The van der Waals surface area contributed by atoms with Crippen molar-refractivity contribution in [3.63, 3.8) is 0 Å². The molecule has 6 heteroatoms. The van der Waals surface area contributed by atoms with Gasteiger partial charge < -0.3 is 5.32 Å². The summed E-state index contributed by atoms with van der Waals surface area (Å²) >= 11 is 5.94. The lowest BCUT2D eigenvalue weighted by Crippen LogP contribution is -2.50. The SMILES string of the molecule is CC(C)(CNC(c1ccc(Cl)cc1)C1CC1)NS(C)(=O)=O. The number of hydrogen-bond acceptors (Lipinski definition) is 3. The van der Waals surface area contributed by atoms with Crippen molar-refractivity contribution in [1.82, 2.24) is 10.0 Å². The molecular formula is C15H23ClN2O2S. The van der Waals surface area contributed by atoms with E-state index in [4.69, 9.17) is 11.6 Å². The van der Waals surface area contributed by atoms with Gasteiger partial charge in [-0.25, -0.2) is 13.1 Å². The van der Waals surface area contributed by atoms with E-state index < -0.39 is 15.6 Å². The summed E-state index contributed by atoms with van der Waals surface area (Å²) < 4.78 is 25.4. The van der Waals surface area contributed by atoms with Crippen LogP contribution in [-0.2, 0) is 10.0 Å². The van der Waals surface area contributed by atoms with Gasteiger partial charge in [0.2, 0.25) is 10.0 Å². The molecular weight excluding hydrogens is 308 g/mol. The standard InChI is InChI=1S/C15H23ClN2O2S/c1-15(2,18-21(3,19)20)10-17-14(11-4-5-11)12-6-8-13(16)9-7-12/h6-9,11,14,17-18H,4-5,10H2,1-3H3. The van der Waals surface area contributed by atoms with Gasteiger partial charge in [-0.05, 0) is 50.3 Å². The normalized spacial score (nSPS) is 17.7. The third-order valence-electron chi connectivity index (χ3n) is 3.55. The lowest BCUT2D eigenvalue weighted by atomic mass is 10.0. The van der Waals surface area contributed by atoms with Gasteiger partial charge in [-0.15, -0.1) is 0 Å². The van der Waals surface area contributed by atoms with Crippen LogP contribution in [0.5, 0.6) is 0 Å². The van der Waals surface area contributed by atoms with Gasteiger partial charge in [0.15, 0.2) is 0 Å². The van der Waals surface area contributed by atoms with Crippen LogP contribution in [0.2, 0.25) is 5.02 Å². The second-order valence-electron chi connectivity index (χ2n) is 6.51. The molecule has 1 fully saturated rings. The van der Waals surface area contributed by atoms with E-state index in [2.05, 4.69) is 10.0 Å². The second kappa shape index (κ2) is 6.24. The van der Waals surface area contributed by atoms with E-state index >= 15 is 0 Å². The van der Waals surface area contributed by atoms with Crippen molar-refractivity contribution in [3.8, 4) is 0 Å². The van der Waals surface area contributed by atoms with E-state index in [-0.39, 0.29) is 6.04 Å². The molecule has 2 rings (SSSR count). The third kappa shape index (κ3) is 5.58. The third-order valence-corrected chi connectivity index (χ3v) is 4.72. The molecule has 0 spiro atoms. The Morgan fingerprint density at radius 1 is 1.29 bits per heavy atom. The van der Waals surface area contributed by atoms with Gasteiger partial charge in [0.05, 0.1) is 6.26 Å². The molecule has 1 aliphatic carbocycles. The topological polar surface area (TPSA) is 58.2 Å². The first-order valence-corrected chi connectivity index (χ1v) is 9.41. The van der Waals surface area contributed by atoms with Crippen LogP contribution in [0, 0.1) is 5.92 Å². The number of hydrogen-bond donors (Lipinski definition) is 2. The molecule has 1 atom stereocenters. The lowest BCUT2D eigenvalue weighted by molar-refractivity contribution is 0.374. The summed E-state index contributed by atoms with van der Waals surface area (Å²) in [6.45, 7) is 4.34. The maximum Gasteiger partial charge on any atom is 0.209 e. The van der Waals surface area contributed by atoms with Gasteiger partial charge in [-0.1, -0.05) is 23.7 Å². The molecule has 118 valence electrons. The van der Waals surface area contributed by atoms with E-state index in [0.717, 1.165) is 5.02 Å². The highest BCUT2D eigenvalue weighted by atomic mass is 35.5. The molecule has 0 aromatic heterocycles. The summed E-state index contributed by atoms with van der Waals surface area (Å²) in [7, 11) is -3.21. The fraction of sp³-hybridized carbons (Fsp3) is 0.600. The van der Waals surface area contributed by atoms with Crippen molar-refractivity contribution in [2.45, 2.75) is 38.3 Å². The minimum atomic E-state index is -3.21. The number of sulfonamides is 1. The van der Waals surface area contributed by atoms with E-state index in [9.17, 15) is 8.42 Å². The van der Waals surface area contributed by atoms with Crippen molar-refractivity contribution in [3.05, 3.63) is 34.9 Å². The maximum atomic E-state index is 11.4.